The van der Waals surface area contributed by atoms with E-state index < -0.39 is 35.6 Å². The molecule has 2 saturated heterocycles. The summed E-state index contributed by atoms with van der Waals surface area (Å²) in [5, 5.41) is 12.5. The highest BCUT2D eigenvalue weighted by molar-refractivity contribution is 5.82. The third kappa shape index (κ3) is 7.12. The average Bonchev–Trinajstić information content (AvgIpc) is 2.91. The van der Waals surface area contributed by atoms with Crippen molar-refractivity contribution in [2.24, 2.45) is 0 Å². The summed E-state index contributed by atoms with van der Waals surface area (Å²) >= 11 is 0. The van der Waals surface area contributed by atoms with Crippen LogP contribution in [0.1, 0.15) is 49.8 Å². The summed E-state index contributed by atoms with van der Waals surface area (Å²) in [5.41, 5.74) is 1.75. The molecule has 0 bridgehead atoms. The van der Waals surface area contributed by atoms with E-state index >= 15 is 4.39 Å². The fourth-order valence-corrected chi connectivity index (χ4v) is 5.41. The Labute approximate surface area is 255 Å². The van der Waals surface area contributed by atoms with E-state index in [1.54, 1.807) is 26.8 Å². The molecule has 10 nitrogen and oxygen atoms in total. The number of benzene rings is 2. The van der Waals surface area contributed by atoms with Gasteiger partial charge in [-0.05, 0) is 68.1 Å². The zero-order valence-corrected chi connectivity index (χ0v) is 25.3. The minimum absolute atomic E-state index is 0.0462. The van der Waals surface area contributed by atoms with Crippen molar-refractivity contribution in [2.45, 2.75) is 70.0 Å². The predicted octanol–water partition coefficient (Wildman–Crippen LogP) is 4.23. The van der Waals surface area contributed by atoms with Crippen molar-refractivity contribution in [3.05, 3.63) is 52.6 Å². The van der Waals surface area contributed by atoms with Crippen molar-refractivity contribution in [3.8, 4) is 22.9 Å². The summed E-state index contributed by atoms with van der Waals surface area (Å²) in [6.45, 7) is 6.50. The number of ether oxygens (including phenoxy) is 5. The number of hydrogen-bond donors (Lipinski definition) is 1. The van der Waals surface area contributed by atoms with E-state index in [1.807, 2.05) is 6.07 Å². The number of methoxy groups -OCH3 is 1. The van der Waals surface area contributed by atoms with Gasteiger partial charge in [0, 0.05) is 30.6 Å². The van der Waals surface area contributed by atoms with Crippen molar-refractivity contribution >= 4 is 12.0 Å². The second kappa shape index (κ2) is 13.1. The SMILES string of the molecule is CO[C@H]1CCO[C@H](C(=O)NC(C#N)Cc2cc3c(cc2F)-c2cc(C4COC4)c(F)cc2CO3)CN(C(=O)OC(C)(C)C)C1. The Hall–Kier alpha value is -3.79. The molecule has 1 unspecified atom stereocenters. The maximum absolute atomic E-state index is 15.5. The van der Waals surface area contributed by atoms with E-state index in [2.05, 4.69) is 5.32 Å². The maximum atomic E-state index is 15.5. The number of nitrogens with one attached hydrogen (secondary N) is 1. The van der Waals surface area contributed by atoms with Gasteiger partial charge in [0.25, 0.3) is 5.91 Å². The van der Waals surface area contributed by atoms with Gasteiger partial charge in [-0.25, -0.2) is 13.6 Å². The Bertz CT molecular complexity index is 1450. The summed E-state index contributed by atoms with van der Waals surface area (Å²) in [6, 6.07) is 6.92. The highest BCUT2D eigenvalue weighted by Gasteiger charge is 2.34. The third-order valence-corrected chi connectivity index (χ3v) is 7.87. The van der Waals surface area contributed by atoms with E-state index in [4.69, 9.17) is 23.7 Å². The summed E-state index contributed by atoms with van der Waals surface area (Å²) in [7, 11) is 1.53. The zero-order valence-electron chi connectivity index (χ0n) is 25.3. The second-order valence-electron chi connectivity index (χ2n) is 12.3. The van der Waals surface area contributed by atoms with Crippen LogP contribution >= 0.6 is 0 Å². The van der Waals surface area contributed by atoms with Gasteiger partial charge in [0.2, 0.25) is 0 Å². The fraction of sp³-hybridized carbons (Fsp3) is 0.531. The molecule has 2 fully saturated rings. The lowest BCUT2D eigenvalue weighted by Gasteiger charge is -2.34. The first kappa shape index (κ1) is 31.6. The molecule has 1 N–H and O–H groups in total. The van der Waals surface area contributed by atoms with Crippen LogP contribution in [0.5, 0.6) is 5.75 Å². The molecular weight excluding hydrogens is 576 g/mol. The molecule has 3 aliphatic heterocycles. The molecule has 0 radical (unpaired) electrons. The molecule has 0 spiro atoms. The van der Waals surface area contributed by atoms with Crippen molar-refractivity contribution < 1.29 is 42.1 Å². The number of amides is 2. The normalized spacial score (nSPS) is 20.9. The molecule has 0 aromatic heterocycles. The van der Waals surface area contributed by atoms with Crippen molar-refractivity contribution in [1.29, 1.82) is 5.26 Å². The number of nitriles is 1. The van der Waals surface area contributed by atoms with Gasteiger partial charge < -0.3 is 33.9 Å². The Morgan fingerprint density at radius 3 is 2.57 bits per heavy atom. The molecule has 44 heavy (non-hydrogen) atoms. The molecule has 2 amide bonds. The number of carbonyl (C=O) groups is 2. The zero-order chi connectivity index (χ0) is 31.6. The topological polar surface area (TPSA) is 119 Å². The molecule has 12 heteroatoms. The number of carbonyl (C=O) groups excluding carboxylic acids is 2. The van der Waals surface area contributed by atoms with Crippen LogP contribution in [0.4, 0.5) is 13.6 Å². The summed E-state index contributed by atoms with van der Waals surface area (Å²) in [4.78, 5) is 27.5. The lowest BCUT2D eigenvalue weighted by Crippen LogP contribution is -2.53. The molecule has 3 aliphatic rings. The van der Waals surface area contributed by atoms with Gasteiger partial charge in [0.15, 0.2) is 6.10 Å². The van der Waals surface area contributed by atoms with Crippen LogP contribution in [0.3, 0.4) is 0 Å². The van der Waals surface area contributed by atoms with Gasteiger partial charge in [0.05, 0.1) is 45.1 Å². The van der Waals surface area contributed by atoms with E-state index in [0.717, 1.165) is 0 Å². The van der Waals surface area contributed by atoms with Crippen LogP contribution in [0.25, 0.3) is 11.1 Å². The third-order valence-electron chi connectivity index (χ3n) is 7.87. The van der Waals surface area contributed by atoms with Crippen LogP contribution in [-0.4, -0.2) is 80.8 Å². The van der Waals surface area contributed by atoms with Crippen LogP contribution in [0.15, 0.2) is 24.3 Å². The average molecular weight is 614 g/mol. The molecule has 236 valence electrons. The van der Waals surface area contributed by atoms with Gasteiger partial charge in [-0.2, -0.15) is 5.26 Å². The van der Waals surface area contributed by atoms with Crippen LogP contribution in [0, 0.1) is 23.0 Å². The highest BCUT2D eigenvalue weighted by Crippen LogP contribution is 2.42. The summed E-state index contributed by atoms with van der Waals surface area (Å²) in [5.74, 6) is -1.18. The van der Waals surface area contributed by atoms with Crippen LogP contribution in [-0.2, 0) is 36.8 Å². The van der Waals surface area contributed by atoms with E-state index in [1.165, 1.54) is 30.2 Å². The number of hydrogen-bond acceptors (Lipinski definition) is 8. The molecule has 2 aromatic rings. The summed E-state index contributed by atoms with van der Waals surface area (Å²) < 4.78 is 57.9. The Balaban J connectivity index is 1.30. The lowest BCUT2D eigenvalue weighted by molar-refractivity contribution is -0.137. The van der Waals surface area contributed by atoms with E-state index in [0.29, 0.717) is 47.6 Å². The van der Waals surface area contributed by atoms with Crippen molar-refractivity contribution in [2.75, 3.05) is 40.0 Å². The molecule has 2 aromatic carbocycles. The first-order valence-electron chi connectivity index (χ1n) is 14.6. The first-order valence-corrected chi connectivity index (χ1v) is 14.6. The lowest BCUT2D eigenvalue weighted by atomic mass is 9.88. The number of rotatable bonds is 6. The Morgan fingerprint density at radius 1 is 1.14 bits per heavy atom. The Kier molecular flexibility index (Phi) is 9.39. The van der Waals surface area contributed by atoms with Gasteiger partial charge in [-0.3, -0.25) is 4.79 Å². The van der Waals surface area contributed by atoms with E-state index in [-0.39, 0.29) is 56.1 Å². The van der Waals surface area contributed by atoms with Crippen molar-refractivity contribution in [3.63, 3.8) is 0 Å². The molecule has 3 heterocycles. The van der Waals surface area contributed by atoms with E-state index in [9.17, 15) is 19.2 Å². The number of fused-ring (bicyclic) bond motifs is 3. The number of halogens is 2. The smallest absolute Gasteiger partial charge is 0.410 e. The molecular formula is C32H37F2N3O7. The first-order chi connectivity index (χ1) is 21.0. The Morgan fingerprint density at radius 2 is 1.91 bits per heavy atom. The maximum Gasteiger partial charge on any atom is 0.410 e. The standard InChI is InChI=1S/C32H37F2N3O7/c1-32(2,3)44-31(39)37-13-22(40-4)5-6-42-29(14-37)30(38)36-21(12-35)7-18-9-28-25(11-26(18)33)23-10-24(20-15-41-16-20)27(34)8-19(23)17-43-28/h8-11,20-22,29H,5-7,13-17H2,1-4H3,(H,36,38)/t21?,22-,29-/m0/s1. The predicted molar refractivity (Wildman–Crippen MR) is 154 cm³/mol. The van der Waals surface area contributed by atoms with Crippen LogP contribution < -0.4 is 10.1 Å². The highest BCUT2D eigenvalue weighted by atomic mass is 19.1. The minimum atomic E-state index is -1.10. The van der Waals surface area contributed by atoms with Crippen LogP contribution in [0.2, 0.25) is 0 Å². The monoisotopic (exact) mass is 613 g/mol. The second-order valence-corrected chi connectivity index (χ2v) is 12.3. The van der Waals surface area contributed by atoms with Gasteiger partial charge in [-0.1, -0.05) is 0 Å². The van der Waals surface area contributed by atoms with Gasteiger partial charge >= 0.3 is 6.09 Å². The van der Waals surface area contributed by atoms with Gasteiger partial charge in [-0.15, -0.1) is 0 Å². The number of nitrogens with zero attached hydrogens (tertiary/aromatic N) is 2. The largest absolute Gasteiger partial charge is 0.488 e. The van der Waals surface area contributed by atoms with Crippen molar-refractivity contribution in [1.82, 2.24) is 10.2 Å². The molecule has 0 saturated carbocycles. The summed E-state index contributed by atoms with van der Waals surface area (Å²) in [6.07, 6.45) is -1.71. The molecule has 5 rings (SSSR count). The van der Waals surface area contributed by atoms with Gasteiger partial charge in [0.1, 0.15) is 35.6 Å². The quantitative estimate of drug-likeness (QED) is 0.514. The molecule has 3 atom stereocenters. The minimum Gasteiger partial charge on any atom is -0.488 e. The molecule has 0 aliphatic carbocycles. The fourth-order valence-electron chi connectivity index (χ4n) is 5.41.